The highest BCUT2D eigenvalue weighted by Gasteiger charge is 2.02. The normalized spacial score (nSPS) is 10.5. The molecule has 0 saturated heterocycles. The zero-order valence-corrected chi connectivity index (χ0v) is 13.5. The molecule has 3 aromatic carbocycles. The minimum Gasteiger partial charge on any atom is -0.508 e. The number of rotatable bonds is 5. The van der Waals surface area contributed by atoms with Crippen molar-refractivity contribution in [2.24, 2.45) is 0 Å². The summed E-state index contributed by atoms with van der Waals surface area (Å²) in [6.07, 6.45) is 0.807. The number of phenols is 1. The van der Waals surface area contributed by atoms with Gasteiger partial charge >= 0.3 is 0 Å². The van der Waals surface area contributed by atoms with Gasteiger partial charge in [0, 0.05) is 13.5 Å². The van der Waals surface area contributed by atoms with Crippen molar-refractivity contribution in [1.29, 1.82) is 0 Å². The summed E-state index contributed by atoms with van der Waals surface area (Å²) >= 11 is 0. The first-order chi connectivity index (χ1) is 11.6. The number of carbonyl (C=O) groups excluding carboxylic acids is 1. The summed E-state index contributed by atoms with van der Waals surface area (Å²) in [5, 5.41) is 14.3. The van der Waals surface area contributed by atoms with E-state index in [1.54, 1.807) is 24.3 Å². The molecule has 0 fully saturated rings. The van der Waals surface area contributed by atoms with Crippen molar-refractivity contribution < 1.29 is 14.6 Å². The summed E-state index contributed by atoms with van der Waals surface area (Å²) in [6.45, 7) is 2.17. The smallest absolute Gasteiger partial charge is 0.216 e. The Hall–Kier alpha value is -3.01. The van der Waals surface area contributed by atoms with Crippen molar-refractivity contribution in [1.82, 2.24) is 5.32 Å². The van der Waals surface area contributed by atoms with Crippen LogP contribution in [0.3, 0.4) is 0 Å². The SMILES string of the molecule is CC(=O)NCCc1ccc2cc(Oc3ccc(O)cc3)ccc2c1. The van der Waals surface area contributed by atoms with Crippen LogP contribution in [0.1, 0.15) is 12.5 Å². The zero-order chi connectivity index (χ0) is 16.9. The molecule has 4 nitrogen and oxygen atoms in total. The molecule has 0 aliphatic rings. The van der Waals surface area contributed by atoms with Gasteiger partial charge in [-0.2, -0.15) is 0 Å². The lowest BCUT2D eigenvalue weighted by Gasteiger charge is -2.08. The number of ether oxygens (including phenoxy) is 1. The van der Waals surface area contributed by atoms with Crippen molar-refractivity contribution in [2.45, 2.75) is 13.3 Å². The molecule has 0 aromatic heterocycles. The summed E-state index contributed by atoms with van der Waals surface area (Å²) in [7, 11) is 0. The summed E-state index contributed by atoms with van der Waals surface area (Å²) in [5.74, 6) is 1.64. The van der Waals surface area contributed by atoms with Crippen LogP contribution in [0.15, 0.2) is 60.7 Å². The fraction of sp³-hybridized carbons (Fsp3) is 0.150. The van der Waals surface area contributed by atoms with Crippen LogP contribution in [-0.4, -0.2) is 17.6 Å². The van der Waals surface area contributed by atoms with Crippen LogP contribution in [0, 0.1) is 0 Å². The summed E-state index contributed by atoms with van der Waals surface area (Å²) in [4.78, 5) is 10.9. The van der Waals surface area contributed by atoms with Crippen LogP contribution in [0.25, 0.3) is 10.8 Å². The molecule has 0 radical (unpaired) electrons. The highest BCUT2D eigenvalue weighted by atomic mass is 16.5. The number of amides is 1. The predicted octanol–water partition coefficient (Wildman–Crippen LogP) is 4.02. The fourth-order valence-corrected chi connectivity index (χ4v) is 2.53. The lowest BCUT2D eigenvalue weighted by atomic mass is 10.0. The predicted molar refractivity (Wildman–Crippen MR) is 94.5 cm³/mol. The van der Waals surface area contributed by atoms with Gasteiger partial charge in [0.15, 0.2) is 0 Å². The lowest BCUT2D eigenvalue weighted by Crippen LogP contribution is -2.22. The Kier molecular flexibility index (Phi) is 4.66. The number of fused-ring (bicyclic) bond motifs is 1. The van der Waals surface area contributed by atoms with E-state index < -0.39 is 0 Å². The first-order valence-electron chi connectivity index (χ1n) is 7.84. The number of aromatic hydroxyl groups is 1. The second-order valence-electron chi connectivity index (χ2n) is 5.67. The van der Waals surface area contributed by atoms with Crippen LogP contribution in [0.5, 0.6) is 17.2 Å². The molecule has 3 rings (SSSR count). The molecule has 0 aliphatic heterocycles. The molecule has 2 N–H and O–H groups in total. The highest BCUT2D eigenvalue weighted by Crippen LogP contribution is 2.27. The van der Waals surface area contributed by atoms with Gasteiger partial charge in [0.1, 0.15) is 17.2 Å². The molecule has 0 bridgehead atoms. The molecule has 0 atom stereocenters. The Bertz CT molecular complexity index is 856. The van der Waals surface area contributed by atoms with Gasteiger partial charge in [-0.1, -0.05) is 24.3 Å². The van der Waals surface area contributed by atoms with Crippen molar-refractivity contribution in [2.75, 3.05) is 6.54 Å². The lowest BCUT2D eigenvalue weighted by molar-refractivity contribution is -0.118. The third-order valence-electron chi connectivity index (χ3n) is 3.74. The molecule has 24 heavy (non-hydrogen) atoms. The quantitative estimate of drug-likeness (QED) is 0.746. The van der Waals surface area contributed by atoms with Gasteiger partial charge in [-0.15, -0.1) is 0 Å². The Morgan fingerprint density at radius 1 is 0.958 bits per heavy atom. The molecule has 0 unspecified atom stereocenters. The average Bonchev–Trinajstić information content (AvgIpc) is 2.57. The van der Waals surface area contributed by atoms with Gasteiger partial charge in [0.25, 0.3) is 0 Å². The Morgan fingerprint density at radius 2 is 1.62 bits per heavy atom. The second kappa shape index (κ2) is 7.04. The van der Waals surface area contributed by atoms with Gasteiger partial charge in [-0.25, -0.2) is 0 Å². The minimum atomic E-state index is -0.00758. The van der Waals surface area contributed by atoms with E-state index in [-0.39, 0.29) is 11.7 Å². The standard InChI is InChI=1S/C20H19NO3/c1-14(22)21-11-10-15-2-3-17-13-20(7-4-16(17)12-15)24-19-8-5-18(23)6-9-19/h2-9,12-13,23H,10-11H2,1H3,(H,21,22). The van der Waals surface area contributed by atoms with Gasteiger partial charge < -0.3 is 15.2 Å². The van der Waals surface area contributed by atoms with Gasteiger partial charge in [-0.05, 0) is 59.2 Å². The number of benzene rings is 3. The van der Waals surface area contributed by atoms with Crippen LogP contribution >= 0.6 is 0 Å². The Morgan fingerprint density at radius 3 is 2.38 bits per heavy atom. The number of hydrogen-bond donors (Lipinski definition) is 2. The molecule has 0 saturated carbocycles. The maximum Gasteiger partial charge on any atom is 0.216 e. The fourth-order valence-electron chi connectivity index (χ4n) is 2.53. The van der Waals surface area contributed by atoms with Gasteiger partial charge in [-0.3, -0.25) is 4.79 Å². The molecule has 0 aliphatic carbocycles. The summed E-state index contributed by atoms with van der Waals surface area (Å²) in [5.41, 5.74) is 1.18. The van der Waals surface area contributed by atoms with Crippen LogP contribution in [0.4, 0.5) is 0 Å². The summed E-state index contributed by atoms with van der Waals surface area (Å²) < 4.78 is 5.80. The second-order valence-corrected chi connectivity index (χ2v) is 5.67. The van der Waals surface area contributed by atoms with Crippen molar-refractivity contribution in [3.05, 3.63) is 66.2 Å². The van der Waals surface area contributed by atoms with Gasteiger partial charge in [0.05, 0.1) is 0 Å². The van der Waals surface area contributed by atoms with E-state index >= 15 is 0 Å². The van der Waals surface area contributed by atoms with Crippen molar-refractivity contribution >= 4 is 16.7 Å². The molecular formula is C20H19NO3. The van der Waals surface area contributed by atoms with E-state index in [4.69, 9.17) is 4.74 Å². The summed E-state index contributed by atoms with van der Waals surface area (Å²) in [6, 6.07) is 18.8. The number of carbonyl (C=O) groups is 1. The van der Waals surface area contributed by atoms with Crippen LogP contribution in [0.2, 0.25) is 0 Å². The molecule has 4 heteroatoms. The molecule has 1 amide bonds. The molecule has 0 spiro atoms. The molecule has 122 valence electrons. The number of hydrogen-bond acceptors (Lipinski definition) is 3. The van der Waals surface area contributed by atoms with E-state index in [0.29, 0.717) is 12.3 Å². The van der Waals surface area contributed by atoms with E-state index in [0.717, 1.165) is 22.9 Å². The van der Waals surface area contributed by atoms with Crippen molar-refractivity contribution in [3.8, 4) is 17.2 Å². The topological polar surface area (TPSA) is 58.6 Å². The largest absolute Gasteiger partial charge is 0.508 e. The number of phenolic OH excluding ortho intramolecular Hbond substituents is 1. The van der Waals surface area contributed by atoms with Crippen LogP contribution < -0.4 is 10.1 Å². The highest BCUT2D eigenvalue weighted by molar-refractivity contribution is 5.84. The number of nitrogens with one attached hydrogen (secondary N) is 1. The first kappa shape index (κ1) is 15.9. The Labute approximate surface area is 140 Å². The third kappa shape index (κ3) is 4.04. The molecular weight excluding hydrogens is 302 g/mol. The van der Waals surface area contributed by atoms with E-state index in [1.807, 2.05) is 18.2 Å². The van der Waals surface area contributed by atoms with Crippen molar-refractivity contribution in [3.63, 3.8) is 0 Å². The third-order valence-corrected chi connectivity index (χ3v) is 3.74. The average molecular weight is 321 g/mol. The zero-order valence-electron chi connectivity index (χ0n) is 13.5. The minimum absolute atomic E-state index is 0.00758. The monoisotopic (exact) mass is 321 g/mol. The molecule has 0 heterocycles. The Balaban J connectivity index is 1.74. The van der Waals surface area contributed by atoms with E-state index in [2.05, 4.69) is 23.5 Å². The van der Waals surface area contributed by atoms with Gasteiger partial charge in [0.2, 0.25) is 5.91 Å². The van der Waals surface area contributed by atoms with E-state index in [9.17, 15) is 9.90 Å². The molecule has 3 aromatic rings. The maximum absolute atomic E-state index is 10.9. The maximum atomic E-state index is 10.9. The van der Waals surface area contributed by atoms with E-state index in [1.165, 1.54) is 12.5 Å². The first-order valence-corrected chi connectivity index (χ1v) is 7.84. The van der Waals surface area contributed by atoms with Crippen LogP contribution in [-0.2, 0) is 11.2 Å².